The Labute approximate surface area is 183 Å². The number of carbonyl (C=O) groups excluding carboxylic acids is 2. The lowest BCUT2D eigenvalue weighted by Gasteiger charge is -2.22. The fraction of sp³-hybridized carbons (Fsp3) is 0.364. The summed E-state index contributed by atoms with van der Waals surface area (Å²) in [5.41, 5.74) is 2.03. The van der Waals surface area contributed by atoms with E-state index in [9.17, 15) is 18.0 Å². The van der Waals surface area contributed by atoms with Gasteiger partial charge < -0.3 is 14.8 Å². The van der Waals surface area contributed by atoms with Crippen LogP contribution >= 0.6 is 0 Å². The van der Waals surface area contributed by atoms with E-state index in [-0.39, 0.29) is 25.5 Å². The van der Waals surface area contributed by atoms with E-state index < -0.39 is 16.0 Å². The molecule has 0 unspecified atom stereocenters. The number of hydrogen-bond acceptors (Lipinski definition) is 6. The van der Waals surface area contributed by atoms with Crippen LogP contribution in [0, 0.1) is 6.92 Å². The van der Waals surface area contributed by atoms with Gasteiger partial charge in [-0.1, -0.05) is 6.07 Å². The van der Waals surface area contributed by atoms with E-state index in [1.54, 1.807) is 56.3 Å². The third-order valence-electron chi connectivity index (χ3n) is 4.63. The number of nitrogens with one attached hydrogen (secondary N) is 1. The molecule has 0 atom stereocenters. The van der Waals surface area contributed by atoms with Crippen LogP contribution in [0.2, 0.25) is 0 Å². The molecule has 0 saturated carbocycles. The zero-order valence-corrected chi connectivity index (χ0v) is 19.0. The van der Waals surface area contributed by atoms with E-state index in [1.807, 2.05) is 0 Å². The van der Waals surface area contributed by atoms with E-state index in [2.05, 4.69) is 5.32 Å². The monoisotopic (exact) mass is 448 g/mol. The van der Waals surface area contributed by atoms with Gasteiger partial charge in [0, 0.05) is 18.7 Å². The summed E-state index contributed by atoms with van der Waals surface area (Å²) in [6, 6.07) is 11.7. The molecule has 0 spiro atoms. The smallest absolute Gasteiger partial charge is 0.338 e. The maximum atomic E-state index is 12.4. The van der Waals surface area contributed by atoms with E-state index >= 15 is 0 Å². The lowest BCUT2D eigenvalue weighted by atomic mass is 10.1. The van der Waals surface area contributed by atoms with Gasteiger partial charge in [-0.2, -0.15) is 0 Å². The number of esters is 1. The Balaban J connectivity index is 2.01. The number of amides is 1. The van der Waals surface area contributed by atoms with Gasteiger partial charge in [0.1, 0.15) is 5.75 Å². The highest BCUT2D eigenvalue weighted by molar-refractivity contribution is 7.92. The summed E-state index contributed by atoms with van der Waals surface area (Å²) in [6.45, 7) is 3.88. The van der Waals surface area contributed by atoms with E-state index in [0.29, 0.717) is 34.7 Å². The van der Waals surface area contributed by atoms with Crippen LogP contribution in [0.15, 0.2) is 42.5 Å². The Morgan fingerprint density at radius 3 is 2.35 bits per heavy atom. The number of nitrogens with zero attached hydrogens (tertiary/aromatic N) is 1. The second kappa shape index (κ2) is 10.8. The Hall–Kier alpha value is -3.07. The van der Waals surface area contributed by atoms with Crippen molar-refractivity contribution >= 4 is 33.3 Å². The quantitative estimate of drug-likeness (QED) is 0.559. The van der Waals surface area contributed by atoms with Gasteiger partial charge in [-0.05, 0) is 62.2 Å². The number of hydrogen-bond donors (Lipinski definition) is 1. The van der Waals surface area contributed by atoms with E-state index in [4.69, 9.17) is 9.47 Å². The van der Waals surface area contributed by atoms with Crippen molar-refractivity contribution < 1.29 is 27.5 Å². The molecular formula is C22H28N2O6S. The third kappa shape index (κ3) is 6.71. The molecule has 0 aromatic heterocycles. The van der Waals surface area contributed by atoms with Crippen molar-refractivity contribution in [3.8, 4) is 5.75 Å². The normalized spacial score (nSPS) is 11.0. The van der Waals surface area contributed by atoms with Crippen molar-refractivity contribution in [2.45, 2.75) is 26.7 Å². The molecule has 168 valence electrons. The minimum Gasteiger partial charge on any atom is -0.497 e. The molecule has 0 aliphatic rings. The Kier molecular flexibility index (Phi) is 8.44. The van der Waals surface area contributed by atoms with Crippen molar-refractivity contribution in [1.82, 2.24) is 0 Å². The van der Waals surface area contributed by atoms with Gasteiger partial charge in [0.05, 0.1) is 31.2 Å². The first-order chi connectivity index (χ1) is 14.7. The second-order valence-electron chi connectivity index (χ2n) is 6.88. The summed E-state index contributed by atoms with van der Waals surface area (Å²) >= 11 is 0. The number of rotatable bonds is 10. The second-order valence-corrected chi connectivity index (χ2v) is 8.79. The SMILES string of the molecule is CCOC(=O)c1cccc(NC(=O)CCCN(c2ccc(OC)cc2)S(C)(=O)=O)c1C. The van der Waals surface area contributed by atoms with Crippen molar-refractivity contribution in [3.63, 3.8) is 0 Å². The fourth-order valence-corrected chi connectivity index (χ4v) is 4.00. The first-order valence-corrected chi connectivity index (χ1v) is 11.7. The van der Waals surface area contributed by atoms with Crippen LogP contribution in [0.25, 0.3) is 0 Å². The molecule has 0 bridgehead atoms. The minimum atomic E-state index is -3.51. The molecular weight excluding hydrogens is 420 g/mol. The van der Waals surface area contributed by atoms with E-state index in [1.165, 1.54) is 11.4 Å². The first kappa shape index (κ1) is 24.2. The standard InChI is InChI=1S/C22H28N2O6S/c1-5-30-22(26)19-8-6-9-20(16(19)2)23-21(25)10-7-15-24(31(4,27)28)17-11-13-18(29-3)14-12-17/h6,8-9,11-14H,5,7,10,15H2,1-4H3,(H,23,25). The van der Waals surface area contributed by atoms with Crippen LogP contribution in [-0.2, 0) is 19.6 Å². The van der Waals surface area contributed by atoms with Crippen LogP contribution in [0.5, 0.6) is 5.75 Å². The summed E-state index contributed by atoms with van der Waals surface area (Å²) < 4.78 is 35.8. The number of anilines is 2. The lowest BCUT2D eigenvalue weighted by molar-refractivity contribution is -0.116. The minimum absolute atomic E-state index is 0.116. The average Bonchev–Trinajstić information content (AvgIpc) is 2.72. The first-order valence-electron chi connectivity index (χ1n) is 9.85. The molecule has 2 aromatic carbocycles. The molecule has 1 amide bonds. The maximum Gasteiger partial charge on any atom is 0.338 e. The molecule has 2 rings (SSSR count). The molecule has 0 saturated heterocycles. The third-order valence-corrected chi connectivity index (χ3v) is 5.82. The summed E-state index contributed by atoms with van der Waals surface area (Å²) in [4.78, 5) is 24.4. The molecule has 2 aromatic rings. The van der Waals surface area contributed by atoms with Crippen molar-refractivity contribution in [2.75, 3.05) is 36.1 Å². The Morgan fingerprint density at radius 1 is 1.10 bits per heavy atom. The lowest BCUT2D eigenvalue weighted by Crippen LogP contribution is -2.31. The van der Waals surface area contributed by atoms with Crippen LogP contribution in [-0.4, -0.2) is 46.8 Å². The Morgan fingerprint density at radius 2 is 1.77 bits per heavy atom. The number of methoxy groups -OCH3 is 1. The summed E-state index contributed by atoms with van der Waals surface area (Å²) in [5.74, 6) is -0.0938. The maximum absolute atomic E-state index is 12.4. The Bertz CT molecular complexity index is 1020. The fourth-order valence-electron chi connectivity index (χ4n) is 3.03. The largest absolute Gasteiger partial charge is 0.497 e. The van der Waals surface area contributed by atoms with Gasteiger partial charge in [0.25, 0.3) is 0 Å². The molecule has 8 nitrogen and oxygen atoms in total. The van der Waals surface area contributed by atoms with E-state index in [0.717, 1.165) is 6.26 Å². The number of carbonyl (C=O) groups is 2. The molecule has 1 N–H and O–H groups in total. The highest BCUT2D eigenvalue weighted by Crippen LogP contribution is 2.23. The van der Waals surface area contributed by atoms with Gasteiger partial charge in [-0.15, -0.1) is 0 Å². The van der Waals surface area contributed by atoms with Crippen molar-refractivity contribution in [1.29, 1.82) is 0 Å². The molecule has 0 aliphatic heterocycles. The summed E-state index contributed by atoms with van der Waals surface area (Å²) in [5, 5.41) is 2.78. The highest BCUT2D eigenvalue weighted by atomic mass is 32.2. The molecule has 0 fully saturated rings. The van der Waals surface area contributed by atoms with Crippen LogP contribution in [0.3, 0.4) is 0 Å². The molecule has 0 radical (unpaired) electrons. The number of ether oxygens (including phenoxy) is 2. The molecule has 0 heterocycles. The number of benzene rings is 2. The molecule has 0 aliphatic carbocycles. The summed E-state index contributed by atoms with van der Waals surface area (Å²) in [7, 11) is -1.98. The van der Waals surface area contributed by atoms with Gasteiger partial charge in [0.2, 0.25) is 15.9 Å². The predicted octanol–water partition coefficient (Wildman–Crippen LogP) is 3.37. The molecule has 9 heteroatoms. The van der Waals surface area contributed by atoms with Gasteiger partial charge in [-0.25, -0.2) is 13.2 Å². The molecule has 31 heavy (non-hydrogen) atoms. The van der Waals surface area contributed by atoms with Gasteiger partial charge in [0.15, 0.2) is 0 Å². The zero-order valence-electron chi connectivity index (χ0n) is 18.2. The highest BCUT2D eigenvalue weighted by Gasteiger charge is 2.18. The predicted molar refractivity (Wildman–Crippen MR) is 120 cm³/mol. The van der Waals surface area contributed by atoms with Crippen LogP contribution in [0.4, 0.5) is 11.4 Å². The zero-order chi connectivity index (χ0) is 23.0. The average molecular weight is 449 g/mol. The van der Waals surface area contributed by atoms with Crippen LogP contribution in [0.1, 0.15) is 35.7 Å². The van der Waals surface area contributed by atoms with Gasteiger partial charge >= 0.3 is 5.97 Å². The van der Waals surface area contributed by atoms with Crippen molar-refractivity contribution in [3.05, 3.63) is 53.6 Å². The topological polar surface area (TPSA) is 102 Å². The van der Waals surface area contributed by atoms with Crippen LogP contribution < -0.4 is 14.4 Å². The summed E-state index contributed by atoms with van der Waals surface area (Å²) in [6.07, 6.45) is 1.56. The van der Waals surface area contributed by atoms with Gasteiger partial charge in [-0.3, -0.25) is 9.10 Å². The van der Waals surface area contributed by atoms with Crippen molar-refractivity contribution in [2.24, 2.45) is 0 Å². The number of sulfonamides is 1.